The number of terminal acetylenes is 1. The van der Waals surface area contributed by atoms with Gasteiger partial charge in [-0.3, -0.25) is 0 Å². The molecule has 0 heterocycles. The van der Waals surface area contributed by atoms with E-state index in [9.17, 15) is 8.78 Å². The Kier molecular flexibility index (Phi) is 6.80. The zero-order valence-corrected chi connectivity index (χ0v) is 17.9. The highest BCUT2D eigenvalue weighted by atomic mass is 35.5. The fourth-order valence-corrected chi connectivity index (χ4v) is 3.57. The van der Waals surface area contributed by atoms with Crippen LogP contribution in [0.2, 0.25) is 5.02 Å². The molecule has 0 aliphatic heterocycles. The maximum absolute atomic E-state index is 14.2. The molecule has 0 spiro atoms. The van der Waals surface area contributed by atoms with Crippen LogP contribution in [0.1, 0.15) is 36.5 Å². The lowest BCUT2D eigenvalue weighted by atomic mass is 9.78. The van der Waals surface area contributed by atoms with Crippen LogP contribution in [-0.2, 0) is 11.8 Å². The van der Waals surface area contributed by atoms with Crippen LogP contribution in [0, 0.1) is 30.9 Å². The van der Waals surface area contributed by atoms with E-state index in [0.29, 0.717) is 16.4 Å². The number of anilines is 2. The molecule has 0 aliphatic rings. The van der Waals surface area contributed by atoms with Crippen molar-refractivity contribution in [2.45, 2.75) is 38.5 Å². The van der Waals surface area contributed by atoms with Crippen molar-refractivity contribution >= 4 is 23.0 Å². The second-order valence-corrected chi connectivity index (χ2v) is 8.15. The van der Waals surface area contributed by atoms with E-state index < -0.39 is 5.41 Å². The number of halogens is 3. The Morgan fingerprint density at radius 2 is 1.77 bits per heavy atom. The summed E-state index contributed by atoms with van der Waals surface area (Å²) in [4.78, 5) is 0. The van der Waals surface area contributed by atoms with Gasteiger partial charge in [0.15, 0.2) is 0 Å². The molecule has 0 radical (unpaired) electrons. The van der Waals surface area contributed by atoms with Crippen LogP contribution in [0.25, 0.3) is 0 Å². The van der Waals surface area contributed by atoms with Crippen LogP contribution in [-0.4, -0.2) is 0 Å². The van der Waals surface area contributed by atoms with Gasteiger partial charge in [0.1, 0.15) is 11.6 Å². The molecule has 154 valence electrons. The van der Waals surface area contributed by atoms with E-state index in [0.717, 1.165) is 36.0 Å². The highest BCUT2D eigenvalue weighted by molar-refractivity contribution is 6.31. The maximum Gasteiger partial charge on any atom is 0.146 e. The molecule has 3 aromatic carbocycles. The van der Waals surface area contributed by atoms with Gasteiger partial charge in [0.05, 0.1) is 11.1 Å². The number of nitrogens with one attached hydrogen (secondary N) is 1. The topological polar surface area (TPSA) is 12.0 Å². The summed E-state index contributed by atoms with van der Waals surface area (Å²) in [5.74, 6) is 2.24. The first-order valence-electron chi connectivity index (χ1n) is 9.86. The predicted molar refractivity (Wildman–Crippen MR) is 121 cm³/mol. The molecule has 0 saturated heterocycles. The third kappa shape index (κ3) is 5.20. The number of aryl methyl sites for hydroxylation is 2. The van der Waals surface area contributed by atoms with E-state index in [1.54, 1.807) is 24.3 Å². The molecule has 1 N–H and O–H groups in total. The van der Waals surface area contributed by atoms with E-state index in [1.165, 1.54) is 18.2 Å². The molecule has 1 nitrogen and oxygen atoms in total. The highest BCUT2D eigenvalue weighted by Gasteiger charge is 2.24. The van der Waals surface area contributed by atoms with Crippen molar-refractivity contribution in [2.75, 3.05) is 5.32 Å². The molecule has 1 unspecified atom stereocenters. The van der Waals surface area contributed by atoms with Crippen LogP contribution in [0.4, 0.5) is 20.2 Å². The van der Waals surface area contributed by atoms with Crippen LogP contribution >= 0.6 is 11.6 Å². The monoisotopic (exact) mass is 423 g/mol. The molecule has 1 atom stereocenters. The van der Waals surface area contributed by atoms with Gasteiger partial charge in [0.2, 0.25) is 0 Å². The van der Waals surface area contributed by atoms with Gasteiger partial charge in [-0.1, -0.05) is 35.7 Å². The Morgan fingerprint density at radius 3 is 2.43 bits per heavy atom. The van der Waals surface area contributed by atoms with E-state index >= 15 is 0 Å². The third-order valence-electron chi connectivity index (χ3n) is 5.42. The van der Waals surface area contributed by atoms with E-state index in [2.05, 4.69) is 11.2 Å². The second-order valence-electron chi connectivity index (χ2n) is 7.74. The molecule has 4 heteroatoms. The molecule has 0 amide bonds. The smallest absolute Gasteiger partial charge is 0.146 e. The van der Waals surface area contributed by atoms with Crippen LogP contribution in [0.5, 0.6) is 0 Å². The summed E-state index contributed by atoms with van der Waals surface area (Å²) < 4.78 is 27.3. The van der Waals surface area contributed by atoms with Crippen molar-refractivity contribution in [3.05, 3.63) is 94.0 Å². The first-order valence-corrected chi connectivity index (χ1v) is 10.2. The SMILES string of the molecule is C#CC(C)(CCCc1ccc(F)c(Nc2ccc(F)cc2)c1)c1ccc(C)c(Cl)c1. The van der Waals surface area contributed by atoms with Gasteiger partial charge in [-0.15, -0.1) is 6.42 Å². The average Bonchev–Trinajstić information content (AvgIpc) is 2.73. The maximum atomic E-state index is 14.2. The Bertz CT molecular complexity index is 1070. The summed E-state index contributed by atoms with van der Waals surface area (Å²) in [6.45, 7) is 4.01. The minimum atomic E-state index is -0.424. The third-order valence-corrected chi connectivity index (χ3v) is 5.83. The molecule has 3 aromatic rings. The molecule has 3 rings (SSSR count). The van der Waals surface area contributed by atoms with Gasteiger partial charge in [-0.2, -0.15) is 0 Å². The van der Waals surface area contributed by atoms with Gasteiger partial charge in [0.25, 0.3) is 0 Å². The van der Waals surface area contributed by atoms with Gasteiger partial charge >= 0.3 is 0 Å². The quantitative estimate of drug-likeness (QED) is 0.386. The minimum absolute atomic E-state index is 0.332. The molecular formula is C26H24ClF2N. The number of benzene rings is 3. The lowest BCUT2D eigenvalue weighted by Crippen LogP contribution is -2.20. The molecule has 30 heavy (non-hydrogen) atoms. The lowest BCUT2D eigenvalue weighted by molar-refractivity contribution is 0.533. The molecule has 0 bridgehead atoms. The summed E-state index contributed by atoms with van der Waals surface area (Å²) >= 11 is 6.28. The molecule has 0 saturated carbocycles. The van der Waals surface area contributed by atoms with Gasteiger partial charge in [0, 0.05) is 10.7 Å². The minimum Gasteiger partial charge on any atom is -0.353 e. The van der Waals surface area contributed by atoms with Gasteiger partial charge < -0.3 is 5.32 Å². The average molecular weight is 424 g/mol. The van der Waals surface area contributed by atoms with Crippen molar-refractivity contribution in [3.63, 3.8) is 0 Å². The van der Waals surface area contributed by atoms with Crippen molar-refractivity contribution in [1.82, 2.24) is 0 Å². The zero-order chi connectivity index (χ0) is 21.7. The van der Waals surface area contributed by atoms with Crippen LogP contribution in [0.3, 0.4) is 0 Å². The summed E-state index contributed by atoms with van der Waals surface area (Å²) in [5.41, 5.74) is 3.62. The van der Waals surface area contributed by atoms with Gasteiger partial charge in [-0.05, 0) is 92.3 Å². The summed E-state index contributed by atoms with van der Waals surface area (Å²) in [6.07, 6.45) is 8.25. The molecule has 0 aromatic heterocycles. The molecule has 0 aliphatic carbocycles. The Balaban J connectivity index is 1.68. The van der Waals surface area contributed by atoms with Crippen molar-refractivity contribution < 1.29 is 8.78 Å². The molecular weight excluding hydrogens is 400 g/mol. The first kappa shape index (κ1) is 21.9. The largest absolute Gasteiger partial charge is 0.353 e. The van der Waals surface area contributed by atoms with Crippen molar-refractivity contribution in [3.8, 4) is 12.3 Å². The Labute approximate surface area is 182 Å². The highest BCUT2D eigenvalue weighted by Crippen LogP contribution is 2.32. The second kappa shape index (κ2) is 9.32. The Morgan fingerprint density at radius 1 is 1.03 bits per heavy atom. The standard InChI is InChI=1S/C26H24ClF2N/c1-4-26(3,20-9-7-18(2)23(27)17-20)15-5-6-19-8-14-24(29)25(16-19)30-22-12-10-21(28)11-13-22/h1,7-14,16-17,30H,5-6,15H2,2-3H3. The normalized spacial score (nSPS) is 12.8. The van der Waals surface area contributed by atoms with E-state index in [-0.39, 0.29) is 11.6 Å². The van der Waals surface area contributed by atoms with E-state index in [4.69, 9.17) is 18.0 Å². The first-order chi connectivity index (χ1) is 14.3. The van der Waals surface area contributed by atoms with Gasteiger partial charge in [-0.25, -0.2) is 8.78 Å². The predicted octanol–water partition coefficient (Wildman–Crippen LogP) is 7.58. The van der Waals surface area contributed by atoms with E-state index in [1.807, 2.05) is 32.0 Å². The van der Waals surface area contributed by atoms with Crippen molar-refractivity contribution in [1.29, 1.82) is 0 Å². The number of hydrogen-bond acceptors (Lipinski definition) is 1. The fraction of sp³-hybridized carbons (Fsp3) is 0.231. The number of hydrogen-bond donors (Lipinski definition) is 1. The van der Waals surface area contributed by atoms with Crippen LogP contribution in [0.15, 0.2) is 60.7 Å². The van der Waals surface area contributed by atoms with Crippen molar-refractivity contribution in [2.24, 2.45) is 0 Å². The lowest BCUT2D eigenvalue weighted by Gasteiger charge is -2.25. The fourth-order valence-electron chi connectivity index (χ4n) is 3.39. The summed E-state index contributed by atoms with van der Waals surface area (Å²) in [6, 6.07) is 16.8. The number of rotatable bonds is 7. The summed E-state index contributed by atoms with van der Waals surface area (Å²) in [5, 5.41) is 3.72. The van der Waals surface area contributed by atoms with Crippen LogP contribution < -0.4 is 5.32 Å². The zero-order valence-electron chi connectivity index (χ0n) is 17.1. The molecule has 0 fully saturated rings. The Hall–Kier alpha value is -2.83. The summed E-state index contributed by atoms with van der Waals surface area (Å²) in [7, 11) is 0.